The van der Waals surface area contributed by atoms with Crippen molar-refractivity contribution in [3.8, 4) is 50.4 Å². The summed E-state index contributed by atoms with van der Waals surface area (Å²) in [6.45, 7) is 0. The van der Waals surface area contributed by atoms with Crippen LogP contribution in [-0.4, -0.2) is 15.1 Å². The smallest absolute Gasteiger partial charge is 0.657 e. The molecule has 9 rings (SSSR count). The van der Waals surface area contributed by atoms with Gasteiger partial charge in [0.1, 0.15) is 5.69 Å². The van der Waals surface area contributed by atoms with Crippen LogP contribution in [0.4, 0.5) is 0 Å². The van der Waals surface area contributed by atoms with Crippen molar-refractivity contribution in [2.45, 2.75) is 6.29 Å². The molecule has 7 heteroatoms. The minimum Gasteiger partial charge on any atom is -0.657 e. The van der Waals surface area contributed by atoms with Crippen molar-refractivity contribution in [1.29, 1.82) is 0 Å². The van der Waals surface area contributed by atoms with Crippen LogP contribution in [0.2, 0.25) is 0 Å². The molecular formula is C43H28N4O2Zn. The largest absolute Gasteiger partial charge is 2.00 e. The second-order valence-corrected chi connectivity index (χ2v) is 11.9. The Morgan fingerprint density at radius 2 is 0.800 bits per heavy atom. The minimum absolute atomic E-state index is 0. The summed E-state index contributed by atoms with van der Waals surface area (Å²) in [7, 11) is 0. The minimum atomic E-state index is -1.32. The fourth-order valence-electron chi connectivity index (χ4n) is 6.65. The van der Waals surface area contributed by atoms with Crippen molar-refractivity contribution in [3.05, 3.63) is 163 Å². The Labute approximate surface area is 301 Å². The zero-order chi connectivity index (χ0) is 32.7. The zero-order valence-corrected chi connectivity index (χ0v) is 29.9. The van der Waals surface area contributed by atoms with Crippen molar-refractivity contribution in [2.24, 2.45) is 0 Å². The number of benzene rings is 4. The summed E-state index contributed by atoms with van der Waals surface area (Å²) in [5, 5.41) is 11.6. The molecule has 0 radical (unpaired) electrons. The molecule has 0 aliphatic carbocycles. The van der Waals surface area contributed by atoms with Gasteiger partial charge in [0, 0.05) is 5.56 Å². The van der Waals surface area contributed by atoms with Crippen LogP contribution in [0.5, 0.6) is 5.88 Å². The Morgan fingerprint density at radius 1 is 0.440 bits per heavy atom. The molecule has 2 aliphatic heterocycles. The van der Waals surface area contributed by atoms with Gasteiger partial charge >= 0.3 is 19.5 Å². The third kappa shape index (κ3) is 5.57. The molecule has 8 bridgehead atoms. The molecule has 1 N–H and O–H groups in total. The first-order chi connectivity index (χ1) is 24.2. The van der Waals surface area contributed by atoms with E-state index in [1.807, 2.05) is 121 Å². The zero-order valence-electron chi connectivity index (χ0n) is 26.9. The van der Waals surface area contributed by atoms with Crippen LogP contribution in [0, 0.1) is 0 Å². The average molecular weight is 698 g/mol. The van der Waals surface area contributed by atoms with Gasteiger partial charge in [0.2, 0.25) is 12.2 Å². The Hall–Kier alpha value is -5.88. The number of hydrogen-bond donors (Lipinski definition) is 1. The van der Waals surface area contributed by atoms with E-state index >= 15 is 0 Å². The normalized spacial score (nSPS) is 13.4. The van der Waals surface area contributed by atoms with E-state index in [0.29, 0.717) is 27.9 Å². The van der Waals surface area contributed by atoms with Crippen molar-refractivity contribution >= 4 is 34.2 Å². The topological polar surface area (TPSA) is 83.4 Å². The summed E-state index contributed by atoms with van der Waals surface area (Å²) in [6, 6.07) is 48.2. The molecule has 5 heterocycles. The molecule has 0 saturated carbocycles. The van der Waals surface area contributed by atoms with E-state index in [2.05, 4.69) is 36.4 Å². The van der Waals surface area contributed by atoms with E-state index in [0.717, 1.165) is 55.8 Å². The molecule has 7 aromatic rings. The van der Waals surface area contributed by atoms with E-state index in [1.165, 1.54) is 0 Å². The molecule has 0 amide bonds. The molecule has 6 nitrogen and oxygen atoms in total. The summed E-state index contributed by atoms with van der Waals surface area (Å²) >= 11 is 0. The summed E-state index contributed by atoms with van der Waals surface area (Å²) in [6.07, 6.45) is 2.79. The maximum Gasteiger partial charge on any atom is 2.00 e. The standard InChI is InChI=1S/C43H28N4O2.Zn/c48-43-41-39(29-17-9-3-10-18-29)35-25-23-33(45-35)37(27-13-5-1-6-14-27)31-21-22-32(44-31)38(28-15-7-2-8-16-28)34-24-26-36(46-34)40(42(47-41)49-43)30-19-11-4-12-20-30;/h1-26,43,48H;/q-2;+2. The summed E-state index contributed by atoms with van der Waals surface area (Å²) in [5.74, 6) is 0.289. The molecular weight excluding hydrogens is 670 g/mol. The molecule has 2 aliphatic rings. The molecule has 50 heavy (non-hydrogen) atoms. The van der Waals surface area contributed by atoms with Gasteiger partial charge in [-0.3, -0.25) is 0 Å². The fourth-order valence-corrected chi connectivity index (χ4v) is 6.65. The quantitative estimate of drug-likeness (QED) is 0.185. The Morgan fingerprint density at radius 3 is 1.24 bits per heavy atom. The first-order valence-corrected chi connectivity index (χ1v) is 16.2. The maximum atomic E-state index is 11.6. The van der Waals surface area contributed by atoms with Gasteiger partial charge in [0.05, 0.1) is 11.4 Å². The summed E-state index contributed by atoms with van der Waals surface area (Å²) < 4.78 is 6.23. The van der Waals surface area contributed by atoms with Crippen LogP contribution >= 0.6 is 0 Å². The van der Waals surface area contributed by atoms with Gasteiger partial charge in [-0.15, -0.1) is 22.1 Å². The van der Waals surface area contributed by atoms with Gasteiger partial charge < -0.3 is 19.8 Å². The molecule has 0 spiro atoms. The first kappa shape index (κ1) is 31.4. The van der Waals surface area contributed by atoms with E-state index < -0.39 is 6.29 Å². The predicted octanol–water partition coefficient (Wildman–Crippen LogP) is 9.48. The Kier molecular flexibility index (Phi) is 8.29. The van der Waals surface area contributed by atoms with Gasteiger partial charge in [-0.25, -0.2) is 9.97 Å². The van der Waals surface area contributed by atoms with Gasteiger partial charge in [0.25, 0.3) is 0 Å². The second kappa shape index (κ2) is 13.2. The van der Waals surface area contributed by atoms with Gasteiger partial charge in [-0.1, -0.05) is 146 Å². The fraction of sp³-hybridized carbons (Fsp3) is 0.0233. The van der Waals surface area contributed by atoms with E-state index in [-0.39, 0.29) is 25.4 Å². The van der Waals surface area contributed by atoms with Crippen LogP contribution in [-0.2, 0) is 19.5 Å². The number of hydrogen-bond acceptors (Lipinski definition) is 4. The predicted molar refractivity (Wildman–Crippen MR) is 195 cm³/mol. The van der Waals surface area contributed by atoms with Crippen LogP contribution in [0.15, 0.2) is 146 Å². The number of nitrogens with zero attached hydrogens (tertiary/aromatic N) is 4. The monoisotopic (exact) mass is 696 g/mol. The second-order valence-electron chi connectivity index (χ2n) is 11.9. The first-order valence-electron chi connectivity index (χ1n) is 16.2. The maximum absolute atomic E-state index is 11.6. The van der Waals surface area contributed by atoms with Gasteiger partial charge in [-0.2, -0.15) is 0 Å². The number of fused-ring (bicyclic) bond motifs is 8. The van der Waals surface area contributed by atoms with Crippen molar-refractivity contribution < 1.29 is 29.3 Å². The number of ether oxygens (including phenoxy) is 1. The van der Waals surface area contributed by atoms with Crippen molar-refractivity contribution in [2.75, 3.05) is 0 Å². The number of rotatable bonds is 4. The SMILES string of the molecule is OC1Oc2nc1c(-c1ccccc1)c1ccc([n-]1)c(-c1ccccc1)c1nc(c(-c3ccccc3)c3ccc([n-]3)c2-c2ccccc2)C=C1.[Zn+2]. The molecule has 0 saturated heterocycles. The van der Waals surface area contributed by atoms with Crippen LogP contribution < -0.4 is 14.7 Å². The average Bonchev–Trinajstić information content (AvgIpc) is 3.98. The van der Waals surface area contributed by atoms with Gasteiger partial charge in [0.15, 0.2) is 0 Å². The molecule has 1 unspecified atom stereocenters. The van der Waals surface area contributed by atoms with E-state index in [4.69, 9.17) is 24.7 Å². The number of aliphatic hydroxyl groups excluding tert-OH is 1. The third-order valence-corrected chi connectivity index (χ3v) is 8.86. The molecule has 4 aromatic carbocycles. The van der Waals surface area contributed by atoms with E-state index in [9.17, 15) is 5.11 Å². The van der Waals surface area contributed by atoms with Crippen molar-refractivity contribution in [1.82, 2.24) is 19.9 Å². The molecule has 0 fully saturated rings. The molecule has 3 aromatic heterocycles. The number of aliphatic hydroxyl groups is 1. The molecule has 234 valence electrons. The third-order valence-electron chi connectivity index (χ3n) is 8.86. The Balaban J connectivity index is 0.00000361. The molecule has 1 atom stereocenters. The Bertz CT molecular complexity index is 2530. The summed E-state index contributed by atoms with van der Waals surface area (Å²) in [4.78, 5) is 20.7. The summed E-state index contributed by atoms with van der Waals surface area (Å²) in [5.41, 5.74) is 11.7. The van der Waals surface area contributed by atoms with Crippen molar-refractivity contribution in [3.63, 3.8) is 0 Å². The van der Waals surface area contributed by atoms with Gasteiger partial charge in [-0.05, 0) is 51.1 Å². The van der Waals surface area contributed by atoms with Crippen LogP contribution in [0.3, 0.4) is 0 Å². The van der Waals surface area contributed by atoms with E-state index in [1.54, 1.807) is 0 Å². The number of aromatic nitrogens is 4. The van der Waals surface area contributed by atoms with Crippen LogP contribution in [0.1, 0.15) is 23.4 Å². The van der Waals surface area contributed by atoms with Crippen LogP contribution in [0.25, 0.3) is 78.7 Å².